The number of hydrogen-bond acceptors (Lipinski definition) is 5. The van der Waals surface area contributed by atoms with Gasteiger partial charge in [0.2, 0.25) is 0 Å². The van der Waals surface area contributed by atoms with E-state index in [0.717, 1.165) is 18.4 Å². The minimum Gasteiger partial charge on any atom is -0.382 e. The summed E-state index contributed by atoms with van der Waals surface area (Å²) in [6.45, 7) is 0. The number of rotatable bonds is 7. The van der Waals surface area contributed by atoms with E-state index in [1.807, 2.05) is 6.07 Å². The molecule has 1 aromatic heterocycles. The van der Waals surface area contributed by atoms with E-state index in [2.05, 4.69) is 9.82 Å². The maximum absolute atomic E-state index is 12.8. The second-order valence-electron chi connectivity index (χ2n) is 6.03. The molecule has 0 aliphatic heterocycles. The minimum atomic E-state index is -3.82. The molecule has 0 aliphatic rings. The van der Waals surface area contributed by atoms with Gasteiger partial charge < -0.3 is 5.73 Å². The molecule has 0 saturated carbocycles. The van der Waals surface area contributed by atoms with E-state index in [1.165, 1.54) is 10.9 Å². The summed E-state index contributed by atoms with van der Waals surface area (Å²) in [4.78, 5) is 0.142. The number of nitrogens with two attached hydrogens (primary N) is 1. The van der Waals surface area contributed by atoms with Crippen molar-refractivity contribution in [2.75, 3.05) is 16.3 Å². The molecule has 0 radical (unpaired) electrons. The Labute approximate surface area is 168 Å². The summed E-state index contributed by atoms with van der Waals surface area (Å²) >= 11 is 5.69. The minimum absolute atomic E-state index is 0.137. The number of nitriles is 1. The van der Waals surface area contributed by atoms with Gasteiger partial charge in [0.25, 0.3) is 10.0 Å². The second-order valence-corrected chi connectivity index (χ2v) is 8.09. The Morgan fingerprint density at radius 3 is 2.54 bits per heavy atom. The fraction of sp³-hybridized carbons (Fsp3) is 0.158. The lowest BCUT2D eigenvalue weighted by atomic mass is 10.1. The van der Waals surface area contributed by atoms with Crippen LogP contribution in [0.25, 0.3) is 5.69 Å². The molecule has 0 atom stereocenters. The first-order valence-corrected chi connectivity index (χ1v) is 10.5. The predicted molar refractivity (Wildman–Crippen MR) is 109 cm³/mol. The number of alkyl halides is 1. The van der Waals surface area contributed by atoms with Crippen molar-refractivity contribution in [3.05, 3.63) is 65.9 Å². The molecule has 0 aliphatic carbocycles. The summed E-state index contributed by atoms with van der Waals surface area (Å²) in [6, 6.07) is 15.3. The summed E-state index contributed by atoms with van der Waals surface area (Å²) < 4.78 is 29.5. The lowest BCUT2D eigenvalue weighted by molar-refractivity contribution is 0.601. The third kappa shape index (κ3) is 4.11. The van der Waals surface area contributed by atoms with Gasteiger partial charge in [-0.15, -0.1) is 11.6 Å². The van der Waals surface area contributed by atoms with E-state index < -0.39 is 10.0 Å². The molecule has 0 bridgehead atoms. The second kappa shape index (κ2) is 8.33. The Kier molecular flexibility index (Phi) is 5.87. The summed E-state index contributed by atoms with van der Waals surface area (Å²) in [5.41, 5.74) is 7.89. The smallest absolute Gasteiger partial charge is 0.261 e. The Hall–Kier alpha value is -3.02. The van der Waals surface area contributed by atoms with Crippen LogP contribution in [0.4, 0.5) is 11.5 Å². The van der Waals surface area contributed by atoms with Gasteiger partial charge in [-0.25, -0.2) is 13.1 Å². The van der Waals surface area contributed by atoms with E-state index in [9.17, 15) is 8.42 Å². The molecular weight excluding hydrogens is 398 g/mol. The summed E-state index contributed by atoms with van der Waals surface area (Å²) in [5.74, 6) is 0.695. The fourth-order valence-corrected chi connectivity index (χ4v) is 3.90. The third-order valence-corrected chi connectivity index (χ3v) is 5.78. The summed E-state index contributed by atoms with van der Waals surface area (Å²) in [5, 5.41) is 13.1. The van der Waals surface area contributed by atoms with Gasteiger partial charge in [0.05, 0.1) is 22.5 Å². The largest absolute Gasteiger partial charge is 0.382 e. The molecule has 0 unspecified atom stereocenters. The number of aromatic nitrogens is 2. The fourth-order valence-electron chi connectivity index (χ4n) is 2.69. The normalized spacial score (nSPS) is 11.1. The van der Waals surface area contributed by atoms with Crippen LogP contribution < -0.4 is 10.5 Å². The number of aryl methyl sites for hydroxylation is 1. The average molecular weight is 416 g/mol. The monoisotopic (exact) mass is 415 g/mol. The van der Waals surface area contributed by atoms with Crippen LogP contribution in [0.3, 0.4) is 0 Å². The molecule has 3 rings (SSSR count). The Bertz CT molecular complexity index is 1120. The molecule has 0 fully saturated rings. The molecule has 144 valence electrons. The molecule has 3 N–H and O–H groups in total. The van der Waals surface area contributed by atoms with E-state index in [1.54, 1.807) is 48.5 Å². The van der Waals surface area contributed by atoms with Gasteiger partial charge in [0.1, 0.15) is 17.5 Å². The van der Waals surface area contributed by atoms with Crippen LogP contribution >= 0.6 is 11.6 Å². The highest BCUT2D eigenvalue weighted by Crippen LogP contribution is 2.26. The zero-order chi connectivity index (χ0) is 20.1. The number of sulfonamides is 1. The van der Waals surface area contributed by atoms with Gasteiger partial charge in [-0.05, 0) is 42.7 Å². The number of anilines is 2. The molecule has 3 aromatic rings. The summed E-state index contributed by atoms with van der Waals surface area (Å²) in [7, 11) is -3.82. The number of halogens is 1. The highest BCUT2D eigenvalue weighted by molar-refractivity contribution is 7.92. The topological polar surface area (TPSA) is 114 Å². The zero-order valence-corrected chi connectivity index (χ0v) is 16.4. The van der Waals surface area contributed by atoms with Crippen molar-refractivity contribution in [2.24, 2.45) is 0 Å². The lowest BCUT2D eigenvalue weighted by Gasteiger charge is -2.14. The number of para-hydroxylation sites is 2. The maximum atomic E-state index is 12.8. The van der Waals surface area contributed by atoms with Crippen molar-refractivity contribution in [1.82, 2.24) is 9.78 Å². The van der Waals surface area contributed by atoms with E-state index in [0.29, 0.717) is 17.3 Å². The van der Waals surface area contributed by atoms with Crippen molar-refractivity contribution in [1.29, 1.82) is 5.26 Å². The first-order valence-electron chi connectivity index (χ1n) is 8.47. The third-order valence-electron chi connectivity index (χ3n) is 4.14. The van der Waals surface area contributed by atoms with Crippen LogP contribution in [0, 0.1) is 11.3 Å². The maximum Gasteiger partial charge on any atom is 0.261 e. The highest BCUT2D eigenvalue weighted by atomic mass is 35.5. The van der Waals surface area contributed by atoms with Gasteiger partial charge in [-0.1, -0.05) is 24.3 Å². The van der Waals surface area contributed by atoms with Gasteiger partial charge in [0, 0.05) is 5.88 Å². The van der Waals surface area contributed by atoms with Crippen molar-refractivity contribution in [3.63, 3.8) is 0 Å². The van der Waals surface area contributed by atoms with Gasteiger partial charge in [-0.3, -0.25) is 4.72 Å². The van der Waals surface area contributed by atoms with Gasteiger partial charge in [-0.2, -0.15) is 10.4 Å². The van der Waals surface area contributed by atoms with E-state index >= 15 is 0 Å². The Morgan fingerprint density at radius 1 is 1.18 bits per heavy atom. The number of nitrogens with zero attached hydrogens (tertiary/aromatic N) is 3. The summed E-state index contributed by atoms with van der Waals surface area (Å²) in [6.07, 6.45) is 2.95. The molecule has 0 spiro atoms. The number of nitrogen functional groups attached to an aromatic ring is 1. The molecule has 9 heteroatoms. The highest BCUT2D eigenvalue weighted by Gasteiger charge is 2.18. The quantitative estimate of drug-likeness (QED) is 0.574. The van der Waals surface area contributed by atoms with Crippen molar-refractivity contribution < 1.29 is 8.42 Å². The van der Waals surface area contributed by atoms with Crippen LogP contribution in [0.15, 0.2) is 59.6 Å². The molecular formula is C19H18ClN5O2S. The van der Waals surface area contributed by atoms with Crippen LogP contribution in [0.5, 0.6) is 0 Å². The number of benzene rings is 2. The Balaban J connectivity index is 1.91. The first-order chi connectivity index (χ1) is 13.5. The zero-order valence-electron chi connectivity index (χ0n) is 14.8. The van der Waals surface area contributed by atoms with Gasteiger partial charge in [0.15, 0.2) is 0 Å². The number of nitrogens with one attached hydrogen (secondary N) is 1. The molecule has 7 nitrogen and oxygen atoms in total. The van der Waals surface area contributed by atoms with Crippen molar-refractivity contribution >= 4 is 33.1 Å². The first kappa shape index (κ1) is 19.7. The SMILES string of the molecule is N#Cc1cnn(-c2ccccc2NS(=O)(=O)c2ccc(CCCCl)cc2)c1N. The molecule has 0 amide bonds. The molecule has 2 aromatic carbocycles. The number of hydrogen-bond donors (Lipinski definition) is 2. The van der Waals surface area contributed by atoms with Crippen molar-refractivity contribution in [2.45, 2.75) is 17.7 Å². The molecule has 1 heterocycles. The van der Waals surface area contributed by atoms with E-state index in [4.69, 9.17) is 22.6 Å². The predicted octanol–water partition coefficient (Wildman–Crippen LogP) is 3.30. The van der Waals surface area contributed by atoms with Crippen LogP contribution in [-0.4, -0.2) is 24.1 Å². The molecule has 0 saturated heterocycles. The van der Waals surface area contributed by atoms with Crippen molar-refractivity contribution in [3.8, 4) is 11.8 Å². The molecule has 28 heavy (non-hydrogen) atoms. The van der Waals surface area contributed by atoms with Gasteiger partial charge >= 0.3 is 0 Å². The Morgan fingerprint density at radius 2 is 1.89 bits per heavy atom. The van der Waals surface area contributed by atoms with Crippen LogP contribution in [0.1, 0.15) is 17.5 Å². The average Bonchev–Trinajstić information content (AvgIpc) is 3.07. The van der Waals surface area contributed by atoms with E-state index in [-0.39, 0.29) is 16.3 Å². The standard InChI is InChI=1S/C19H18ClN5O2S/c20-11-3-4-14-7-9-16(10-8-14)28(26,27)24-17-5-1-2-6-18(17)25-19(22)15(12-21)13-23-25/h1-2,5-10,13,24H,3-4,11,22H2. The lowest BCUT2D eigenvalue weighted by Crippen LogP contribution is -2.15. The van der Waals surface area contributed by atoms with Crippen LogP contribution in [0.2, 0.25) is 0 Å². The van der Waals surface area contributed by atoms with Crippen LogP contribution in [-0.2, 0) is 16.4 Å².